The monoisotopic (exact) mass is 208 g/mol. The summed E-state index contributed by atoms with van der Waals surface area (Å²) in [7, 11) is -2.17. The molecule has 0 radical (unpaired) electrons. The molecule has 7 nitrogen and oxygen atoms in total. The van der Waals surface area contributed by atoms with Crippen LogP contribution in [0.1, 0.15) is 0 Å². The second-order valence-electron chi connectivity index (χ2n) is 2.51. The van der Waals surface area contributed by atoms with Crippen LogP contribution >= 0.6 is 0 Å². The van der Waals surface area contributed by atoms with Crippen molar-refractivity contribution in [2.45, 2.75) is 18.3 Å². The van der Waals surface area contributed by atoms with Crippen molar-refractivity contribution in [3.63, 3.8) is 0 Å². The highest BCUT2D eigenvalue weighted by molar-refractivity contribution is 6.30. The zero-order valence-corrected chi connectivity index (χ0v) is 7.26. The molecule has 0 unspecified atom stereocenters. The van der Waals surface area contributed by atoms with E-state index in [1.54, 1.807) is 0 Å². The molecule has 0 spiro atoms. The smallest absolute Gasteiger partial charge is 0.493 e. The molecule has 82 valence electrons. The van der Waals surface area contributed by atoms with Crippen molar-refractivity contribution in [3.05, 3.63) is 12.3 Å². The number of hydrogen-bond donors (Lipinski definition) is 6. The first-order chi connectivity index (χ1) is 6.49. The van der Waals surface area contributed by atoms with Crippen molar-refractivity contribution in [1.29, 1.82) is 0 Å². The Balaban J connectivity index is 0.000000364. The minimum Gasteiger partial charge on any atom is -0.493 e. The van der Waals surface area contributed by atoms with Crippen LogP contribution in [0.25, 0.3) is 0 Å². The Morgan fingerprint density at radius 3 is 2.07 bits per heavy atom. The Morgan fingerprint density at radius 1 is 1.21 bits per heavy atom. The summed E-state index contributed by atoms with van der Waals surface area (Å²) in [5, 5.41) is 48.1. The van der Waals surface area contributed by atoms with Gasteiger partial charge in [-0.25, -0.2) is 0 Å². The van der Waals surface area contributed by atoms with E-state index in [-0.39, 0.29) is 6.61 Å². The minimum atomic E-state index is -2.17. The van der Waals surface area contributed by atoms with E-state index in [1.165, 1.54) is 12.3 Å². The van der Waals surface area contributed by atoms with E-state index >= 15 is 0 Å². The van der Waals surface area contributed by atoms with Crippen LogP contribution < -0.4 is 0 Å². The minimum absolute atomic E-state index is 0.289. The molecule has 8 heteroatoms. The predicted octanol–water partition coefficient (Wildman–Crippen LogP) is -3.44. The Kier molecular flexibility index (Phi) is 6.46. The molecule has 1 aliphatic rings. The quantitative estimate of drug-likeness (QED) is 0.247. The SMILES string of the molecule is OB(O)O.OC[C@H]1OC=C[C@@H](O)[C@@H]1O. The van der Waals surface area contributed by atoms with Crippen molar-refractivity contribution in [3.8, 4) is 0 Å². The molecule has 0 aromatic heterocycles. The maximum absolute atomic E-state index is 9.05. The average Bonchev–Trinajstić information content (AvgIpc) is 2.09. The maximum Gasteiger partial charge on any atom is 0.631 e. The van der Waals surface area contributed by atoms with Crippen LogP contribution in [0, 0.1) is 0 Å². The first-order valence-corrected chi connectivity index (χ1v) is 3.82. The van der Waals surface area contributed by atoms with Crippen LogP contribution in [0.3, 0.4) is 0 Å². The van der Waals surface area contributed by atoms with Gasteiger partial charge in [0, 0.05) is 0 Å². The van der Waals surface area contributed by atoms with Crippen LogP contribution in [0.15, 0.2) is 12.3 Å². The van der Waals surface area contributed by atoms with Crippen LogP contribution in [0.2, 0.25) is 0 Å². The molecule has 6 N–H and O–H groups in total. The maximum atomic E-state index is 9.05. The van der Waals surface area contributed by atoms with E-state index in [2.05, 4.69) is 0 Å². The standard InChI is InChI=1S/C6H10O4.BH3O3/c7-3-5-6(9)4(8)1-2-10-5;2-1(3)4/h1-2,4-9H,3H2;2-4H/t4-,5-,6+;/m1./s1. The zero-order valence-electron chi connectivity index (χ0n) is 7.26. The number of aliphatic hydroxyl groups is 3. The summed E-state index contributed by atoms with van der Waals surface area (Å²) in [5.41, 5.74) is 0. The lowest BCUT2D eigenvalue weighted by Gasteiger charge is -2.26. The van der Waals surface area contributed by atoms with E-state index in [9.17, 15) is 0 Å². The van der Waals surface area contributed by atoms with Crippen LogP contribution in [-0.2, 0) is 4.74 Å². The Labute approximate surface area is 80.7 Å². The lowest BCUT2D eigenvalue weighted by molar-refractivity contribution is -0.0808. The molecule has 0 aliphatic carbocycles. The van der Waals surface area contributed by atoms with E-state index in [0.717, 1.165) is 0 Å². The number of rotatable bonds is 1. The topological polar surface area (TPSA) is 131 Å². The molecule has 0 amide bonds. The largest absolute Gasteiger partial charge is 0.631 e. The zero-order chi connectivity index (χ0) is 11.1. The van der Waals surface area contributed by atoms with E-state index in [0.29, 0.717) is 0 Å². The fraction of sp³-hybridized carbons (Fsp3) is 0.667. The van der Waals surface area contributed by atoms with Gasteiger partial charge in [-0.15, -0.1) is 0 Å². The fourth-order valence-electron chi connectivity index (χ4n) is 0.792. The van der Waals surface area contributed by atoms with Gasteiger partial charge in [0.05, 0.1) is 12.9 Å². The van der Waals surface area contributed by atoms with Crippen LogP contribution in [-0.4, -0.2) is 62.6 Å². The molecule has 0 saturated carbocycles. The lowest BCUT2D eigenvalue weighted by Crippen LogP contribution is -2.42. The van der Waals surface area contributed by atoms with Gasteiger partial charge in [0.15, 0.2) is 0 Å². The van der Waals surface area contributed by atoms with Gasteiger partial charge in [0.25, 0.3) is 0 Å². The van der Waals surface area contributed by atoms with Gasteiger partial charge in [-0.05, 0) is 6.08 Å². The van der Waals surface area contributed by atoms with Crippen LogP contribution in [0.5, 0.6) is 0 Å². The summed E-state index contributed by atoms with van der Waals surface area (Å²) in [6, 6.07) is 0. The molecule has 0 aromatic carbocycles. The third kappa shape index (κ3) is 5.17. The first kappa shape index (κ1) is 13.4. The summed E-state index contributed by atoms with van der Waals surface area (Å²) >= 11 is 0. The van der Waals surface area contributed by atoms with Gasteiger partial charge in [0.1, 0.15) is 18.3 Å². The molecule has 1 rings (SSSR count). The lowest BCUT2D eigenvalue weighted by atomic mass is 10.1. The van der Waals surface area contributed by atoms with Gasteiger partial charge < -0.3 is 35.1 Å². The second-order valence-corrected chi connectivity index (χ2v) is 2.51. The highest BCUT2D eigenvalue weighted by Crippen LogP contribution is 2.10. The molecular weight excluding hydrogens is 195 g/mol. The van der Waals surface area contributed by atoms with Gasteiger partial charge in [-0.3, -0.25) is 0 Å². The number of aliphatic hydroxyl groups excluding tert-OH is 3. The van der Waals surface area contributed by atoms with Crippen molar-refractivity contribution in [1.82, 2.24) is 0 Å². The average molecular weight is 208 g/mol. The van der Waals surface area contributed by atoms with E-state index in [4.69, 9.17) is 35.1 Å². The van der Waals surface area contributed by atoms with Crippen molar-refractivity contribution < 1.29 is 35.1 Å². The van der Waals surface area contributed by atoms with Gasteiger partial charge >= 0.3 is 7.32 Å². The summed E-state index contributed by atoms with van der Waals surface area (Å²) in [6.45, 7) is -0.289. The third-order valence-electron chi connectivity index (χ3n) is 1.44. The molecule has 3 atom stereocenters. The Morgan fingerprint density at radius 2 is 1.71 bits per heavy atom. The Bertz CT molecular complexity index is 171. The molecule has 1 heterocycles. The molecule has 0 fully saturated rings. The van der Waals surface area contributed by atoms with E-state index in [1.807, 2.05) is 0 Å². The third-order valence-corrected chi connectivity index (χ3v) is 1.44. The molecule has 0 bridgehead atoms. The fourth-order valence-corrected chi connectivity index (χ4v) is 0.792. The van der Waals surface area contributed by atoms with Crippen LogP contribution in [0.4, 0.5) is 0 Å². The van der Waals surface area contributed by atoms with Gasteiger partial charge in [-0.1, -0.05) is 0 Å². The summed E-state index contributed by atoms with van der Waals surface area (Å²) in [5.74, 6) is 0. The molecular formula is C6H13BO7. The van der Waals surface area contributed by atoms with Gasteiger partial charge in [0.2, 0.25) is 0 Å². The number of hydrogen-bond acceptors (Lipinski definition) is 7. The summed E-state index contributed by atoms with van der Waals surface area (Å²) in [4.78, 5) is 0. The normalized spacial score (nSPS) is 30.0. The van der Waals surface area contributed by atoms with Gasteiger partial charge in [-0.2, -0.15) is 0 Å². The molecule has 0 saturated heterocycles. The van der Waals surface area contributed by atoms with Crippen molar-refractivity contribution >= 4 is 7.32 Å². The van der Waals surface area contributed by atoms with Crippen molar-refractivity contribution in [2.75, 3.05) is 6.61 Å². The molecule has 0 aromatic rings. The molecule has 1 aliphatic heterocycles. The first-order valence-electron chi connectivity index (χ1n) is 3.82. The highest BCUT2D eigenvalue weighted by atomic mass is 16.5. The highest BCUT2D eigenvalue weighted by Gasteiger charge is 2.27. The number of ether oxygens (including phenoxy) is 1. The molecule has 14 heavy (non-hydrogen) atoms. The summed E-state index contributed by atoms with van der Waals surface area (Å²) in [6.07, 6.45) is -0.0318. The summed E-state index contributed by atoms with van der Waals surface area (Å²) < 4.78 is 4.77. The Hall–Kier alpha value is -0.635. The second kappa shape index (κ2) is 6.76. The van der Waals surface area contributed by atoms with Crippen molar-refractivity contribution in [2.24, 2.45) is 0 Å². The predicted molar refractivity (Wildman–Crippen MR) is 45.5 cm³/mol. The van der Waals surface area contributed by atoms with E-state index < -0.39 is 25.6 Å².